The first-order chi connectivity index (χ1) is 5.59. The fourth-order valence-corrected chi connectivity index (χ4v) is 1.68. The van der Waals surface area contributed by atoms with Gasteiger partial charge in [-0.15, -0.1) is 11.3 Å². The Balaban J connectivity index is 2.58. The summed E-state index contributed by atoms with van der Waals surface area (Å²) in [6.45, 7) is 4.57. The summed E-state index contributed by atoms with van der Waals surface area (Å²) in [5, 5.41) is 8.45. The maximum atomic E-state index is 7.37. The van der Waals surface area contributed by atoms with Crippen LogP contribution >= 0.6 is 11.3 Å². The molecule has 66 valence electrons. The van der Waals surface area contributed by atoms with E-state index in [1.165, 1.54) is 4.88 Å². The van der Waals surface area contributed by atoms with Crippen LogP contribution in [0, 0.1) is 12.3 Å². The van der Waals surface area contributed by atoms with E-state index >= 15 is 0 Å². The molecule has 12 heavy (non-hydrogen) atoms. The van der Waals surface area contributed by atoms with Gasteiger partial charge in [0.05, 0.1) is 17.4 Å². The van der Waals surface area contributed by atoms with Crippen LogP contribution in [0.5, 0.6) is 0 Å². The summed E-state index contributed by atoms with van der Waals surface area (Å²) in [5.41, 5.74) is 0. The highest BCUT2D eigenvalue weighted by molar-refractivity contribution is 7.11. The number of hydrogen-bond donors (Lipinski definition) is 1. The Morgan fingerprint density at radius 2 is 2.42 bits per heavy atom. The number of nitrogens with zero attached hydrogens (tertiary/aromatic N) is 2. The van der Waals surface area contributed by atoms with Gasteiger partial charge in [0.1, 0.15) is 0 Å². The lowest BCUT2D eigenvalue weighted by atomic mass is 10.4. The summed E-state index contributed by atoms with van der Waals surface area (Å²) in [5.74, 6) is 0.584. The molecule has 1 aromatic heterocycles. The van der Waals surface area contributed by atoms with Crippen molar-refractivity contribution in [2.24, 2.45) is 0 Å². The minimum Gasteiger partial charge on any atom is -0.359 e. The van der Waals surface area contributed by atoms with Gasteiger partial charge in [0, 0.05) is 18.1 Å². The number of nitrogens with one attached hydrogen (secondary N) is 1. The summed E-state index contributed by atoms with van der Waals surface area (Å²) in [6, 6.07) is 0. The van der Waals surface area contributed by atoms with Crippen LogP contribution in [0.3, 0.4) is 0 Å². The molecule has 0 atom stereocenters. The summed E-state index contributed by atoms with van der Waals surface area (Å²) in [6.07, 6.45) is 1.87. The van der Waals surface area contributed by atoms with Crippen molar-refractivity contribution in [2.45, 2.75) is 20.4 Å². The van der Waals surface area contributed by atoms with E-state index in [-0.39, 0.29) is 0 Å². The quantitative estimate of drug-likeness (QED) is 0.561. The molecule has 1 N–H and O–H groups in total. The van der Waals surface area contributed by atoms with Gasteiger partial charge in [-0.1, -0.05) is 0 Å². The molecule has 1 aromatic rings. The zero-order valence-electron chi connectivity index (χ0n) is 7.59. The van der Waals surface area contributed by atoms with Crippen molar-refractivity contribution in [1.29, 1.82) is 5.41 Å². The van der Waals surface area contributed by atoms with Gasteiger partial charge >= 0.3 is 0 Å². The molecule has 0 saturated heterocycles. The van der Waals surface area contributed by atoms with Gasteiger partial charge < -0.3 is 4.90 Å². The van der Waals surface area contributed by atoms with E-state index in [1.54, 1.807) is 18.3 Å². The van der Waals surface area contributed by atoms with Crippen LogP contribution in [0.25, 0.3) is 0 Å². The van der Waals surface area contributed by atoms with Crippen molar-refractivity contribution in [1.82, 2.24) is 9.88 Å². The number of hydrogen-bond acceptors (Lipinski definition) is 3. The minimum absolute atomic E-state index is 0.584. The Bertz CT molecular complexity index is 280. The highest BCUT2D eigenvalue weighted by Crippen LogP contribution is 2.13. The molecule has 0 bridgehead atoms. The molecule has 0 aliphatic carbocycles. The first-order valence-corrected chi connectivity index (χ1v) is 4.59. The molecule has 0 aliphatic heterocycles. The van der Waals surface area contributed by atoms with E-state index in [9.17, 15) is 0 Å². The highest BCUT2D eigenvalue weighted by atomic mass is 32.1. The molecular formula is C8H13N3S. The maximum absolute atomic E-state index is 7.37. The van der Waals surface area contributed by atoms with Gasteiger partial charge in [0.2, 0.25) is 0 Å². The molecule has 0 unspecified atom stereocenters. The van der Waals surface area contributed by atoms with Crippen molar-refractivity contribution in [3.05, 3.63) is 16.1 Å². The number of aryl methyl sites for hydroxylation is 1. The summed E-state index contributed by atoms with van der Waals surface area (Å²) in [7, 11) is 1.91. The van der Waals surface area contributed by atoms with E-state index < -0.39 is 0 Å². The van der Waals surface area contributed by atoms with E-state index in [0.29, 0.717) is 5.84 Å². The molecule has 1 rings (SSSR count). The number of thiazole rings is 1. The van der Waals surface area contributed by atoms with Crippen molar-refractivity contribution in [3.63, 3.8) is 0 Å². The van der Waals surface area contributed by atoms with Gasteiger partial charge in [0.15, 0.2) is 0 Å². The number of aromatic nitrogens is 1. The van der Waals surface area contributed by atoms with Crippen molar-refractivity contribution >= 4 is 17.2 Å². The van der Waals surface area contributed by atoms with E-state index in [4.69, 9.17) is 5.41 Å². The Morgan fingerprint density at radius 3 is 2.83 bits per heavy atom. The third-order valence-electron chi connectivity index (χ3n) is 1.63. The number of amidine groups is 1. The van der Waals surface area contributed by atoms with Crippen molar-refractivity contribution in [3.8, 4) is 0 Å². The molecule has 3 nitrogen and oxygen atoms in total. The topological polar surface area (TPSA) is 40.0 Å². The molecule has 0 aromatic carbocycles. The second-order valence-corrected chi connectivity index (χ2v) is 4.11. The second-order valence-electron chi connectivity index (χ2n) is 2.79. The Kier molecular flexibility index (Phi) is 2.81. The zero-order chi connectivity index (χ0) is 9.14. The van der Waals surface area contributed by atoms with Gasteiger partial charge in [-0.3, -0.25) is 5.41 Å². The largest absolute Gasteiger partial charge is 0.359 e. The fourth-order valence-electron chi connectivity index (χ4n) is 0.831. The average molecular weight is 183 g/mol. The molecule has 0 saturated carbocycles. The summed E-state index contributed by atoms with van der Waals surface area (Å²) >= 11 is 1.68. The summed E-state index contributed by atoms with van der Waals surface area (Å²) < 4.78 is 0. The fraction of sp³-hybridized carbons (Fsp3) is 0.500. The predicted molar refractivity (Wildman–Crippen MR) is 51.7 cm³/mol. The van der Waals surface area contributed by atoms with Gasteiger partial charge in [-0.05, 0) is 13.8 Å². The van der Waals surface area contributed by atoms with Crippen molar-refractivity contribution < 1.29 is 0 Å². The van der Waals surface area contributed by atoms with Gasteiger partial charge in [0.25, 0.3) is 0 Å². The van der Waals surface area contributed by atoms with E-state index in [0.717, 1.165) is 11.6 Å². The van der Waals surface area contributed by atoms with Gasteiger partial charge in [-0.25, -0.2) is 4.98 Å². The zero-order valence-corrected chi connectivity index (χ0v) is 8.40. The highest BCUT2D eigenvalue weighted by Gasteiger charge is 2.02. The van der Waals surface area contributed by atoms with Crippen LogP contribution < -0.4 is 0 Å². The van der Waals surface area contributed by atoms with Crippen LogP contribution in [0.2, 0.25) is 0 Å². The van der Waals surface area contributed by atoms with Crippen LogP contribution in [0.1, 0.15) is 16.8 Å². The predicted octanol–water partition coefficient (Wildman–Crippen LogP) is 1.88. The first kappa shape index (κ1) is 9.19. The van der Waals surface area contributed by atoms with E-state index in [2.05, 4.69) is 4.98 Å². The molecule has 0 amide bonds. The Labute approximate surface area is 76.6 Å². The summed E-state index contributed by atoms with van der Waals surface area (Å²) in [4.78, 5) is 7.26. The lowest BCUT2D eigenvalue weighted by molar-refractivity contribution is 0.499. The number of rotatable bonds is 2. The average Bonchev–Trinajstić information content (AvgIpc) is 2.35. The van der Waals surface area contributed by atoms with Crippen LogP contribution in [0.4, 0.5) is 0 Å². The Hall–Kier alpha value is -0.900. The standard InChI is InChI=1S/C8H13N3S/c1-6(9)11(3)5-8-4-10-7(2)12-8/h4,9H,5H2,1-3H3. The molecular weight excluding hydrogens is 170 g/mol. The molecule has 1 heterocycles. The van der Waals surface area contributed by atoms with Crippen LogP contribution in [0.15, 0.2) is 6.20 Å². The molecule has 0 spiro atoms. The third-order valence-corrected chi connectivity index (χ3v) is 2.53. The minimum atomic E-state index is 0.584. The second kappa shape index (κ2) is 3.67. The molecule has 0 radical (unpaired) electrons. The molecule has 0 aliphatic rings. The smallest absolute Gasteiger partial charge is 0.0926 e. The van der Waals surface area contributed by atoms with E-state index in [1.807, 2.05) is 25.1 Å². The lowest BCUT2D eigenvalue weighted by Gasteiger charge is -2.15. The third kappa shape index (κ3) is 2.30. The van der Waals surface area contributed by atoms with Crippen LogP contribution in [-0.4, -0.2) is 22.8 Å². The SMILES string of the molecule is CC(=N)N(C)Cc1cnc(C)s1. The van der Waals surface area contributed by atoms with Gasteiger partial charge in [-0.2, -0.15) is 0 Å². The Morgan fingerprint density at radius 1 is 1.75 bits per heavy atom. The van der Waals surface area contributed by atoms with Crippen molar-refractivity contribution in [2.75, 3.05) is 7.05 Å². The molecule has 4 heteroatoms. The molecule has 0 fully saturated rings. The lowest BCUT2D eigenvalue weighted by Crippen LogP contribution is -2.21. The monoisotopic (exact) mass is 183 g/mol. The first-order valence-electron chi connectivity index (χ1n) is 3.77. The normalized spacial score (nSPS) is 9.92. The van der Waals surface area contributed by atoms with Crippen LogP contribution in [-0.2, 0) is 6.54 Å². The maximum Gasteiger partial charge on any atom is 0.0926 e.